The number of rotatable bonds is 5. The number of non-ortho nitro benzene ring substituents is 1. The Kier molecular flexibility index (Phi) is 5.35. The van der Waals surface area contributed by atoms with E-state index in [0.717, 1.165) is 5.56 Å². The third-order valence-electron chi connectivity index (χ3n) is 5.90. The molecule has 10 nitrogen and oxygen atoms in total. The van der Waals surface area contributed by atoms with Crippen LogP contribution in [0.4, 0.5) is 5.69 Å². The standard InChI is InChI=1S/C23H22N6O4/c1-15-2-4-16(5-3-15)22-25-21(33-26-22)14-27-8-10-28(11-9-27)23(30)19-13-24-20-7-6-17(29(31)32)12-18(19)20/h2-7,12-13,24H,8-11,14H2,1H3. The van der Waals surface area contributed by atoms with Crippen molar-refractivity contribution in [3.63, 3.8) is 0 Å². The Bertz CT molecular complexity index is 1320. The maximum atomic E-state index is 13.1. The molecule has 1 fully saturated rings. The summed E-state index contributed by atoms with van der Waals surface area (Å²) >= 11 is 0. The van der Waals surface area contributed by atoms with Crippen LogP contribution in [0.1, 0.15) is 21.8 Å². The summed E-state index contributed by atoms with van der Waals surface area (Å²) in [4.78, 5) is 35.2. The first-order valence-corrected chi connectivity index (χ1v) is 10.6. The van der Waals surface area contributed by atoms with Crippen LogP contribution in [0.15, 0.2) is 53.2 Å². The van der Waals surface area contributed by atoms with E-state index in [1.165, 1.54) is 17.7 Å². The summed E-state index contributed by atoms with van der Waals surface area (Å²) in [7, 11) is 0. The van der Waals surface area contributed by atoms with E-state index < -0.39 is 4.92 Å². The van der Waals surface area contributed by atoms with Crippen molar-refractivity contribution in [2.75, 3.05) is 26.2 Å². The lowest BCUT2D eigenvalue weighted by Gasteiger charge is -2.33. The number of nitro benzene ring substituents is 1. The number of nitrogens with zero attached hydrogens (tertiary/aromatic N) is 5. The molecule has 0 atom stereocenters. The number of aromatic nitrogens is 3. The highest BCUT2D eigenvalue weighted by Gasteiger charge is 2.25. The molecule has 5 rings (SSSR count). The smallest absolute Gasteiger partial charge is 0.270 e. The number of hydrogen-bond donors (Lipinski definition) is 1. The van der Waals surface area contributed by atoms with Gasteiger partial charge in [-0.15, -0.1) is 0 Å². The number of piperazine rings is 1. The molecule has 3 heterocycles. The van der Waals surface area contributed by atoms with E-state index in [9.17, 15) is 14.9 Å². The third kappa shape index (κ3) is 4.20. The number of carbonyl (C=O) groups excluding carboxylic acids is 1. The largest absolute Gasteiger partial charge is 0.360 e. The first-order valence-electron chi connectivity index (χ1n) is 10.6. The van der Waals surface area contributed by atoms with Gasteiger partial charge in [0.2, 0.25) is 11.7 Å². The van der Waals surface area contributed by atoms with Crippen LogP contribution in [-0.4, -0.2) is 61.9 Å². The zero-order valence-corrected chi connectivity index (χ0v) is 18.0. The van der Waals surface area contributed by atoms with Gasteiger partial charge in [0.25, 0.3) is 11.6 Å². The fourth-order valence-corrected chi connectivity index (χ4v) is 4.01. The van der Waals surface area contributed by atoms with Crippen LogP contribution in [-0.2, 0) is 6.54 Å². The molecule has 0 unspecified atom stereocenters. The Labute approximate surface area is 189 Å². The van der Waals surface area contributed by atoms with Crippen LogP contribution in [0.25, 0.3) is 22.3 Å². The zero-order chi connectivity index (χ0) is 22.9. The van der Waals surface area contributed by atoms with Gasteiger partial charge in [-0.2, -0.15) is 4.98 Å². The molecule has 33 heavy (non-hydrogen) atoms. The number of aryl methyl sites for hydroxylation is 1. The molecule has 168 valence electrons. The maximum absolute atomic E-state index is 13.1. The van der Waals surface area contributed by atoms with Crippen molar-refractivity contribution < 1.29 is 14.2 Å². The Morgan fingerprint density at radius 3 is 2.64 bits per heavy atom. The molecular formula is C23H22N6O4. The summed E-state index contributed by atoms with van der Waals surface area (Å²) in [5, 5.41) is 15.7. The lowest BCUT2D eigenvalue weighted by atomic mass is 10.1. The van der Waals surface area contributed by atoms with Gasteiger partial charge in [0.15, 0.2) is 0 Å². The van der Waals surface area contributed by atoms with E-state index >= 15 is 0 Å². The molecule has 0 bridgehead atoms. The second kappa shape index (κ2) is 8.47. The molecule has 1 amide bonds. The first kappa shape index (κ1) is 20.8. The van der Waals surface area contributed by atoms with E-state index in [4.69, 9.17) is 4.52 Å². The fraction of sp³-hybridized carbons (Fsp3) is 0.261. The van der Waals surface area contributed by atoms with Crippen molar-refractivity contribution >= 4 is 22.5 Å². The molecule has 4 aromatic rings. The van der Waals surface area contributed by atoms with Crippen LogP contribution in [0, 0.1) is 17.0 Å². The van der Waals surface area contributed by atoms with Crippen molar-refractivity contribution in [3.05, 3.63) is 75.8 Å². The van der Waals surface area contributed by atoms with Gasteiger partial charge in [-0.25, -0.2) is 0 Å². The van der Waals surface area contributed by atoms with Crippen LogP contribution >= 0.6 is 0 Å². The van der Waals surface area contributed by atoms with Crippen LogP contribution in [0.2, 0.25) is 0 Å². The van der Waals surface area contributed by atoms with Crippen molar-refractivity contribution in [2.45, 2.75) is 13.5 Å². The highest BCUT2D eigenvalue weighted by molar-refractivity contribution is 6.07. The second-order valence-electron chi connectivity index (χ2n) is 8.14. The van der Waals surface area contributed by atoms with Gasteiger partial charge in [-0.05, 0) is 13.0 Å². The monoisotopic (exact) mass is 446 g/mol. The predicted octanol–water partition coefficient (Wildman–Crippen LogP) is 3.39. The minimum Gasteiger partial charge on any atom is -0.360 e. The number of benzene rings is 2. The van der Waals surface area contributed by atoms with E-state index in [2.05, 4.69) is 20.0 Å². The average molecular weight is 446 g/mol. The number of nitrogens with one attached hydrogen (secondary N) is 1. The third-order valence-corrected chi connectivity index (χ3v) is 5.90. The Balaban J connectivity index is 1.22. The van der Waals surface area contributed by atoms with Crippen LogP contribution < -0.4 is 0 Å². The number of amides is 1. The Morgan fingerprint density at radius 1 is 1.15 bits per heavy atom. The molecule has 1 N–H and O–H groups in total. The lowest BCUT2D eigenvalue weighted by molar-refractivity contribution is -0.384. The van der Waals surface area contributed by atoms with Crippen molar-refractivity contribution in [1.29, 1.82) is 0 Å². The number of carbonyl (C=O) groups is 1. The number of nitro groups is 1. The number of aromatic amines is 1. The molecular weight excluding hydrogens is 424 g/mol. The molecule has 0 radical (unpaired) electrons. The van der Waals surface area contributed by atoms with Gasteiger partial charge < -0.3 is 14.4 Å². The number of fused-ring (bicyclic) bond motifs is 1. The minimum atomic E-state index is -0.457. The molecule has 1 aliphatic rings. The molecule has 0 saturated carbocycles. The van der Waals surface area contributed by atoms with E-state index in [-0.39, 0.29) is 11.6 Å². The molecule has 0 aliphatic carbocycles. The van der Waals surface area contributed by atoms with Gasteiger partial charge in [-0.1, -0.05) is 35.0 Å². The van der Waals surface area contributed by atoms with E-state index in [1.54, 1.807) is 17.2 Å². The van der Waals surface area contributed by atoms with Gasteiger partial charge in [0.05, 0.1) is 17.0 Å². The average Bonchev–Trinajstić information content (AvgIpc) is 3.46. The summed E-state index contributed by atoms with van der Waals surface area (Å²) in [5.41, 5.74) is 3.18. The minimum absolute atomic E-state index is 0.0365. The van der Waals surface area contributed by atoms with E-state index in [0.29, 0.717) is 60.9 Å². The SMILES string of the molecule is Cc1ccc(-c2noc(CN3CCN(C(=O)c4c[nH]c5ccc([N+](=O)[O-])cc45)CC3)n2)cc1. The van der Waals surface area contributed by atoms with Gasteiger partial charge in [-0.3, -0.25) is 19.8 Å². The highest BCUT2D eigenvalue weighted by atomic mass is 16.6. The summed E-state index contributed by atoms with van der Waals surface area (Å²) < 4.78 is 5.42. The van der Waals surface area contributed by atoms with Crippen molar-refractivity contribution in [1.82, 2.24) is 24.9 Å². The summed E-state index contributed by atoms with van der Waals surface area (Å²) in [6.07, 6.45) is 1.62. The molecule has 2 aromatic heterocycles. The topological polar surface area (TPSA) is 121 Å². The van der Waals surface area contributed by atoms with Crippen molar-refractivity contribution in [3.8, 4) is 11.4 Å². The quantitative estimate of drug-likeness (QED) is 0.368. The maximum Gasteiger partial charge on any atom is 0.270 e. The highest BCUT2D eigenvalue weighted by Crippen LogP contribution is 2.25. The van der Waals surface area contributed by atoms with Crippen LogP contribution in [0.3, 0.4) is 0 Å². The summed E-state index contributed by atoms with van der Waals surface area (Å²) in [6, 6.07) is 12.4. The zero-order valence-electron chi connectivity index (χ0n) is 18.0. The number of H-pyrrole nitrogens is 1. The summed E-state index contributed by atoms with van der Waals surface area (Å²) in [6.45, 7) is 4.95. The van der Waals surface area contributed by atoms with E-state index in [1.807, 2.05) is 31.2 Å². The molecule has 2 aromatic carbocycles. The Morgan fingerprint density at radius 2 is 1.91 bits per heavy atom. The fourth-order valence-electron chi connectivity index (χ4n) is 4.01. The van der Waals surface area contributed by atoms with Crippen LogP contribution in [0.5, 0.6) is 0 Å². The van der Waals surface area contributed by atoms with Crippen molar-refractivity contribution in [2.24, 2.45) is 0 Å². The van der Waals surface area contributed by atoms with Gasteiger partial charge in [0, 0.05) is 61.0 Å². The number of hydrogen-bond acceptors (Lipinski definition) is 7. The molecule has 10 heteroatoms. The first-order chi connectivity index (χ1) is 16.0. The molecule has 0 spiro atoms. The second-order valence-corrected chi connectivity index (χ2v) is 8.14. The van der Waals surface area contributed by atoms with Gasteiger partial charge >= 0.3 is 0 Å². The Hall–Kier alpha value is -4.05. The predicted molar refractivity (Wildman–Crippen MR) is 121 cm³/mol. The summed E-state index contributed by atoms with van der Waals surface area (Å²) in [5.74, 6) is 0.961. The molecule has 1 aliphatic heterocycles. The normalized spacial score (nSPS) is 14.6. The van der Waals surface area contributed by atoms with Gasteiger partial charge in [0.1, 0.15) is 0 Å². The molecule has 1 saturated heterocycles. The lowest BCUT2D eigenvalue weighted by Crippen LogP contribution is -2.48.